The summed E-state index contributed by atoms with van der Waals surface area (Å²) in [6.07, 6.45) is 4.22. The number of hydrogen-bond acceptors (Lipinski definition) is 2. The molecule has 20 heavy (non-hydrogen) atoms. The molecular formula is C17H17NO2. The van der Waals surface area contributed by atoms with E-state index in [1.807, 2.05) is 42.2 Å². The van der Waals surface area contributed by atoms with Crippen LogP contribution in [-0.2, 0) is 11.2 Å². The first-order valence-electron chi connectivity index (χ1n) is 6.81. The fraction of sp³-hybridized carbons (Fsp3) is 0.235. The fourth-order valence-corrected chi connectivity index (χ4v) is 2.68. The highest BCUT2D eigenvalue weighted by atomic mass is 16.3. The number of nitrogens with zero attached hydrogens (tertiary/aromatic N) is 1. The number of furan rings is 1. The molecule has 2 heterocycles. The van der Waals surface area contributed by atoms with Gasteiger partial charge in [-0.05, 0) is 50.1 Å². The van der Waals surface area contributed by atoms with E-state index in [0.29, 0.717) is 5.76 Å². The molecule has 0 radical (unpaired) electrons. The Kier molecular flexibility index (Phi) is 3.18. The molecule has 0 bridgehead atoms. The lowest BCUT2D eigenvalue weighted by atomic mass is 10.1. The second kappa shape index (κ2) is 5.00. The van der Waals surface area contributed by atoms with Crippen molar-refractivity contribution in [3.8, 4) is 0 Å². The lowest BCUT2D eigenvalue weighted by Crippen LogP contribution is -2.34. The summed E-state index contributed by atoms with van der Waals surface area (Å²) in [7, 11) is 0. The average molecular weight is 267 g/mol. The molecule has 1 aromatic carbocycles. The first-order valence-corrected chi connectivity index (χ1v) is 6.81. The monoisotopic (exact) mass is 267 g/mol. The van der Waals surface area contributed by atoms with Crippen LogP contribution in [0.25, 0.3) is 6.08 Å². The normalized spacial score (nSPS) is 17.7. The van der Waals surface area contributed by atoms with Crippen LogP contribution in [-0.4, -0.2) is 11.9 Å². The molecular weight excluding hydrogens is 250 g/mol. The Hall–Kier alpha value is -2.29. The van der Waals surface area contributed by atoms with Crippen molar-refractivity contribution >= 4 is 17.7 Å². The average Bonchev–Trinajstić information content (AvgIpc) is 2.98. The summed E-state index contributed by atoms with van der Waals surface area (Å²) in [4.78, 5) is 14.2. The molecule has 1 amide bonds. The van der Waals surface area contributed by atoms with Crippen molar-refractivity contribution in [2.45, 2.75) is 26.3 Å². The zero-order valence-electron chi connectivity index (χ0n) is 11.7. The summed E-state index contributed by atoms with van der Waals surface area (Å²) in [5.41, 5.74) is 2.25. The van der Waals surface area contributed by atoms with Gasteiger partial charge in [-0.15, -0.1) is 0 Å². The number of benzene rings is 1. The van der Waals surface area contributed by atoms with Crippen LogP contribution in [0.15, 0.2) is 46.9 Å². The van der Waals surface area contributed by atoms with Gasteiger partial charge in [0.25, 0.3) is 5.91 Å². The number of fused-ring (bicyclic) bond motifs is 1. The van der Waals surface area contributed by atoms with E-state index in [4.69, 9.17) is 4.42 Å². The van der Waals surface area contributed by atoms with Gasteiger partial charge >= 0.3 is 0 Å². The summed E-state index contributed by atoms with van der Waals surface area (Å²) in [6, 6.07) is 12.0. The van der Waals surface area contributed by atoms with Crippen LogP contribution in [0, 0.1) is 6.92 Å². The number of hydrogen-bond donors (Lipinski definition) is 0. The third-order valence-electron chi connectivity index (χ3n) is 3.60. The molecule has 1 aromatic heterocycles. The maximum atomic E-state index is 12.4. The topological polar surface area (TPSA) is 33.5 Å². The van der Waals surface area contributed by atoms with Crippen LogP contribution in [0.1, 0.15) is 24.0 Å². The van der Waals surface area contributed by atoms with Crippen LogP contribution >= 0.6 is 0 Å². The van der Waals surface area contributed by atoms with Gasteiger partial charge in [-0.3, -0.25) is 4.79 Å². The van der Waals surface area contributed by atoms with Gasteiger partial charge in [-0.2, -0.15) is 0 Å². The minimum absolute atomic E-state index is 0.00324. The van der Waals surface area contributed by atoms with Crippen molar-refractivity contribution in [1.82, 2.24) is 0 Å². The molecule has 0 aliphatic carbocycles. The highest BCUT2D eigenvalue weighted by Crippen LogP contribution is 2.31. The minimum atomic E-state index is -0.00324. The molecule has 1 unspecified atom stereocenters. The Labute approximate surface area is 118 Å². The van der Waals surface area contributed by atoms with E-state index >= 15 is 0 Å². The summed E-state index contributed by atoms with van der Waals surface area (Å²) in [5, 5.41) is 0. The van der Waals surface area contributed by atoms with Crippen molar-refractivity contribution in [3.63, 3.8) is 0 Å². The van der Waals surface area contributed by atoms with Gasteiger partial charge in [0.15, 0.2) is 0 Å². The molecule has 0 fully saturated rings. The number of carbonyl (C=O) groups is 1. The van der Waals surface area contributed by atoms with Gasteiger partial charge in [0.1, 0.15) is 11.5 Å². The molecule has 0 saturated heterocycles. The van der Waals surface area contributed by atoms with Gasteiger partial charge in [0, 0.05) is 17.8 Å². The summed E-state index contributed by atoms with van der Waals surface area (Å²) in [5.74, 6) is 1.55. The first-order chi connectivity index (χ1) is 9.65. The molecule has 3 rings (SSSR count). The molecule has 1 atom stereocenters. The Bertz CT molecular complexity index is 669. The van der Waals surface area contributed by atoms with E-state index in [1.165, 1.54) is 5.56 Å². The van der Waals surface area contributed by atoms with Gasteiger partial charge in [-0.1, -0.05) is 18.2 Å². The SMILES string of the molecule is Cc1ccc(/C=C/C(=O)N2c3ccccc3CC2C)o1. The zero-order chi connectivity index (χ0) is 14.1. The summed E-state index contributed by atoms with van der Waals surface area (Å²) in [6.45, 7) is 3.96. The van der Waals surface area contributed by atoms with Gasteiger partial charge in [-0.25, -0.2) is 0 Å². The molecule has 0 saturated carbocycles. The second-order valence-corrected chi connectivity index (χ2v) is 5.17. The highest BCUT2D eigenvalue weighted by molar-refractivity contribution is 6.05. The first kappa shape index (κ1) is 12.7. The number of amides is 1. The van der Waals surface area contributed by atoms with Gasteiger partial charge in [0.05, 0.1) is 0 Å². The zero-order valence-corrected chi connectivity index (χ0v) is 11.7. The summed E-state index contributed by atoms with van der Waals surface area (Å²) >= 11 is 0. The number of anilines is 1. The van der Waals surface area contributed by atoms with E-state index in [1.54, 1.807) is 12.2 Å². The van der Waals surface area contributed by atoms with E-state index in [0.717, 1.165) is 17.9 Å². The second-order valence-electron chi connectivity index (χ2n) is 5.17. The predicted octanol–water partition coefficient (Wildman–Crippen LogP) is 3.58. The van der Waals surface area contributed by atoms with Crippen LogP contribution in [0.2, 0.25) is 0 Å². The lowest BCUT2D eigenvalue weighted by molar-refractivity contribution is -0.114. The van der Waals surface area contributed by atoms with Gasteiger partial charge in [0.2, 0.25) is 0 Å². The van der Waals surface area contributed by atoms with Crippen molar-refractivity contribution in [2.75, 3.05) is 4.90 Å². The minimum Gasteiger partial charge on any atom is -0.462 e. The van der Waals surface area contributed by atoms with E-state index in [2.05, 4.69) is 13.0 Å². The van der Waals surface area contributed by atoms with Crippen molar-refractivity contribution in [1.29, 1.82) is 0 Å². The Morgan fingerprint density at radius 1 is 1.30 bits per heavy atom. The number of rotatable bonds is 2. The predicted molar refractivity (Wildman–Crippen MR) is 79.6 cm³/mol. The molecule has 3 nitrogen and oxygen atoms in total. The number of carbonyl (C=O) groups excluding carboxylic acids is 1. The smallest absolute Gasteiger partial charge is 0.251 e. The standard InChI is InChI=1S/C17H17NO2/c1-12-11-14-5-3-4-6-16(14)18(12)17(19)10-9-15-8-7-13(2)20-15/h3-10,12H,11H2,1-2H3/b10-9+. The third-order valence-corrected chi connectivity index (χ3v) is 3.60. The van der Waals surface area contributed by atoms with E-state index in [9.17, 15) is 4.79 Å². The third kappa shape index (κ3) is 2.27. The fourth-order valence-electron chi connectivity index (χ4n) is 2.68. The quantitative estimate of drug-likeness (QED) is 0.779. The van der Waals surface area contributed by atoms with Crippen LogP contribution in [0.3, 0.4) is 0 Å². The Morgan fingerprint density at radius 3 is 2.85 bits per heavy atom. The Morgan fingerprint density at radius 2 is 2.10 bits per heavy atom. The van der Waals surface area contributed by atoms with Crippen LogP contribution < -0.4 is 4.90 Å². The van der Waals surface area contributed by atoms with E-state index in [-0.39, 0.29) is 11.9 Å². The molecule has 2 aromatic rings. The largest absolute Gasteiger partial charge is 0.462 e. The maximum Gasteiger partial charge on any atom is 0.251 e. The Balaban J connectivity index is 1.82. The molecule has 1 aliphatic rings. The molecule has 0 N–H and O–H groups in total. The van der Waals surface area contributed by atoms with Crippen molar-refractivity contribution in [2.24, 2.45) is 0 Å². The van der Waals surface area contributed by atoms with Crippen LogP contribution in [0.5, 0.6) is 0 Å². The van der Waals surface area contributed by atoms with Crippen molar-refractivity contribution < 1.29 is 9.21 Å². The summed E-state index contributed by atoms with van der Waals surface area (Å²) < 4.78 is 5.44. The number of para-hydroxylation sites is 1. The van der Waals surface area contributed by atoms with E-state index < -0.39 is 0 Å². The van der Waals surface area contributed by atoms with Gasteiger partial charge < -0.3 is 9.32 Å². The lowest BCUT2D eigenvalue weighted by Gasteiger charge is -2.20. The highest BCUT2D eigenvalue weighted by Gasteiger charge is 2.29. The maximum absolute atomic E-state index is 12.4. The molecule has 3 heteroatoms. The van der Waals surface area contributed by atoms with Crippen LogP contribution in [0.4, 0.5) is 5.69 Å². The van der Waals surface area contributed by atoms with Crippen molar-refractivity contribution in [3.05, 3.63) is 59.6 Å². The number of aryl methyl sites for hydroxylation is 1. The molecule has 102 valence electrons. The molecule has 0 spiro atoms. The molecule has 1 aliphatic heterocycles.